The highest BCUT2D eigenvalue weighted by molar-refractivity contribution is 5.37. The van der Waals surface area contributed by atoms with E-state index in [9.17, 15) is 14.5 Å². The number of benzene rings is 2. The largest absolute Gasteiger partial charge is 0.489 e. The number of nitro groups is 1. The van der Waals surface area contributed by atoms with Crippen LogP contribution in [0.1, 0.15) is 24.1 Å². The Morgan fingerprint density at radius 1 is 1.33 bits per heavy atom. The number of para-hydroxylation sites is 1. The number of hydrogen-bond acceptors (Lipinski definition) is 4. The monoisotopic (exact) mass is 290 g/mol. The molecule has 0 radical (unpaired) electrons. The van der Waals surface area contributed by atoms with E-state index in [1.54, 1.807) is 12.1 Å². The van der Waals surface area contributed by atoms with Crippen molar-refractivity contribution in [3.05, 3.63) is 69.5 Å². The number of nitrogens with zero attached hydrogens (tertiary/aromatic N) is 1. The lowest BCUT2D eigenvalue weighted by molar-refractivity contribution is -0.385. The van der Waals surface area contributed by atoms with Gasteiger partial charge in [-0.3, -0.25) is 10.1 Å². The van der Waals surface area contributed by atoms with Crippen LogP contribution in [-0.4, -0.2) is 4.92 Å². The summed E-state index contributed by atoms with van der Waals surface area (Å²) in [4.78, 5) is 10.1. The Kier molecular flexibility index (Phi) is 4.49. The Labute approximate surface area is 121 Å². The van der Waals surface area contributed by atoms with Gasteiger partial charge >= 0.3 is 0 Å². The summed E-state index contributed by atoms with van der Waals surface area (Å²) in [6, 6.07) is 10.4. The van der Waals surface area contributed by atoms with E-state index in [4.69, 9.17) is 10.5 Å². The van der Waals surface area contributed by atoms with Crippen LogP contribution in [0.5, 0.6) is 5.75 Å². The van der Waals surface area contributed by atoms with Crippen LogP contribution in [0.3, 0.4) is 0 Å². The third kappa shape index (κ3) is 3.76. The third-order valence-corrected chi connectivity index (χ3v) is 2.96. The highest BCUT2D eigenvalue weighted by Gasteiger charge is 2.11. The van der Waals surface area contributed by atoms with Gasteiger partial charge in [0.15, 0.2) is 0 Å². The molecule has 0 aliphatic rings. The molecule has 0 amide bonds. The first kappa shape index (κ1) is 14.9. The molecular weight excluding hydrogens is 275 g/mol. The molecule has 0 bridgehead atoms. The van der Waals surface area contributed by atoms with Gasteiger partial charge in [0.2, 0.25) is 0 Å². The molecule has 0 aliphatic heterocycles. The summed E-state index contributed by atoms with van der Waals surface area (Å²) in [5.74, 6) is -0.0808. The molecule has 0 spiro atoms. The van der Waals surface area contributed by atoms with Crippen LogP contribution in [0.4, 0.5) is 10.1 Å². The summed E-state index contributed by atoms with van der Waals surface area (Å²) >= 11 is 0. The van der Waals surface area contributed by atoms with Crippen LogP contribution in [0.15, 0.2) is 42.5 Å². The first-order valence-corrected chi connectivity index (χ1v) is 6.38. The van der Waals surface area contributed by atoms with E-state index in [0.717, 1.165) is 11.6 Å². The maximum atomic E-state index is 13.3. The van der Waals surface area contributed by atoms with Gasteiger partial charge in [-0.1, -0.05) is 18.2 Å². The van der Waals surface area contributed by atoms with Crippen molar-refractivity contribution < 1.29 is 14.1 Å². The summed E-state index contributed by atoms with van der Waals surface area (Å²) in [7, 11) is 0. The summed E-state index contributed by atoms with van der Waals surface area (Å²) in [6.45, 7) is 1.86. The van der Waals surface area contributed by atoms with Crippen molar-refractivity contribution in [2.24, 2.45) is 5.73 Å². The molecule has 0 saturated carbocycles. The number of hydrogen-bond donors (Lipinski definition) is 1. The molecule has 0 fully saturated rings. The molecule has 1 unspecified atom stereocenters. The minimum absolute atomic E-state index is 0.0301. The van der Waals surface area contributed by atoms with Crippen molar-refractivity contribution in [2.75, 3.05) is 0 Å². The van der Waals surface area contributed by atoms with Crippen molar-refractivity contribution in [2.45, 2.75) is 19.6 Å². The van der Waals surface area contributed by atoms with Crippen LogP contribution < -0.4 is 10.5 Å². The number of ether oxygens (including phenoxy) is 1. The van der Waals surface area contributed by atoms with Crippen molar-refractivity contribution in [1.29, 1.82) is 0 Å². The Hall–Kier alpha value is -2.47. The van der Waals surface area contributed by atoms with Crippen LogP contribution in [0.25, 0.3) is 0 Å². The van der Waals surface area contributed by atoms with E-state index >= 15 is 0 Å². The summed E-state index contributed by atoms with van der Waals surface area (Å²) in [5, 5.41) is 10.7. The summed E-state index contributed by atoms with van der Waals surface area (Å²) in [5.41, 5.74) is 6.76. The summed E-state index contributed by atoms with van der Waals surface area (Å²) in [6.07, 6.45) is 0. The van der Waals surface area contributed by atoms with E-state index in [0.29, 0.717) is 11.3 Å². The first-order valence-electron chi connectivity index (χ1n) is 6.38. The van der Waals surface area contributed by atoms with E-state index in [-0.39, 0.29) is 18.3 Å². The average Bonchev–Trinajstić information content (AvgIpc) is 2.44. The summed E-state index contributed by atoms with van der Waals surface area (Å²) < 4.78 is 18.9. The molecule has 6 heteroatoms. The molecule has 2 aromatic carbocycles. The number of nitrogens with two attached hydrogens (primary N) is 1. The lowest BCUT2D eigenvalue weighted by atomic mass is 10.1. The highest BCUT2D eigenvalue weighted by Crippen LogP contribution is 2.25. The molecular formula is C15H15FN2O3. The number of non-ortho nitro benzene ring substituents is 1. The van der Waals surface area contributed by atoms with E-state index in [2.05, 4.69) is 0 Å². The molecule has 110 valence electrons. The quantitative estimate of drug-likeness (QED) is 0.676. The van der Waals surface area contributed by atoms with Gasteiger partial charge in [0, 0.05) is 17.7 Å². The minimum Gasteiger partial charge on any atom is -0.489 e. The lowest BCUT2D eigenvalue weighted by Crippen LogP contribution is -2.08. The fourth-order valence-electron chi connectivity index (χ4n) is 1.97. The first-order chi connectivity index (χ1) is 9.97. The van der Waals surface area contributed by atoms with Gasteiger partial charge in [-0.2, -0.15) is 0 Å². The van der Waals surface area contributed by atoms with Crippen LogP contribution in [0.2, 0.25) is 0 Å². The second-order valence-corrected chi connectivity index (χ2v) is 4.69. The smallest absolute Gasteiger partial charge is 0.272 e. The van der Waals surface area contributed by atoms with Gasteiger partial charge in [-0.15, -0.1) is 0 Å². The maximum Gasteiger partial charge on any atom is 0.272 e. The van der Waals surface area contributed by atoms with E-state index in [1.807, 2.05) is 19.1 Å². The van der Waals surface area contributed by atoms with E-state index in [1.165, 1.54) is 12.1 Å². The molecule has 5 nitrogen and oxygen atoms in total. The van der Waals surface area contributed by atoms with Crippen molar-refractivity contribution in [3.63, 3.8) is 0 Å². The predicted octanol–water partition coefficient (Wildman–Crippen LogP) is 3.33. The molecule has 0 aromatic heterocycles. The number of halogens is 1. The molecule has 2 rings (SSSR count). The van der Waals surface area contributed by atoms with Crippen LogP contribution in [0, 0.1) is 15.9 Å². The lowest BCUT2D eigenvalue weighted by Gasteiger charge is -2.13. The van der Waals surface area contributed by atoms with Crippen molar-refractivity contribution in [3.8, 4) is 5.75 Å². The fraction of sp³-hybridized carbons (Fsp3) is 0.200. The normalized spacial score (nSPS) is 12.0. The van der Waals surface area contributed by atoms with Gasteiger partial charge in [0.1, 0.15) is 18.2 Å². The Bertz CT molecular complexity index is 659. The molecule has 2 aromatic rings. The number of nitro benzene ring substituents is 1. The molecule has 1 atom stereocenters. The molecule has 2 N–H and O–H groups in total. The Morgan fingerprint density at radius 3 is 2.71 bits per heavy atom. The Morgan fingerprint density at radius 2 is 2.05 bits per heavy atom. The Balaban J connectivity index is 2.19. The van der Waals surface area contributed by atoms with Gasteiger partial charge in [0.05, 0.1) is 11.0 Å². The SMILES string of the molecule is CC(N)c1ccccc1OCc1cc(F)cc([N+](=O)[O-])c1. The van der Waals surface area contributed by atoms with Gasteiger partial charge in [-0.05, 0) is 24.6 Å². The zero-order chi connectivity index (χ0) is 15.4. The zero-order valence-electron chi connectivity index (χ0n) is 11.5. The second-order valence-electron chi connectivity index (χ2n) is 4.69. The second kappa shape index (κ2) is 6.32. The molecule has 0 saturated heterocycles. The molecule has 0 aliphatic carbocycles. The standard InChI is InChI=1S/C15H15FN2O3/c1-10(17)14-4-2-3-5-15(14)21-9-11-6-12(16)8-13(7-11)18(19)20/h2-8,10H,9,17H2,1H3. The van der Waals surface area contributed by atoms with Gasteiger partial charge < -0.3 is 10.5 Å². The van der Waals surface area contributed by atoms with Crippen LogP contribution >= 0.6 is 0 Å². The van der Waals surface area contributed by atoms with Gasteiger partial charge in [-0.25, -0.2) is 4.39 Å². The maximum absolute atomic E-state index is 13.3. The number of rotatable bonds is 5. The minimum atomic E-state index is -0.664. The zero-order valence-corrected chi connectivity index (χ0v) is 11.5. The fourth-order valence-corrected chi connectivity index (χ4v) is 1.97. The highest BCUT2D eigenvalue weighted by atomic mass is 19.1. The third-order valence-electron chi connectivity index (χ3n) is 2.96. The topological polar surface area (TPSA) is 78.4 Å². The van der Waals surface area contributed by atoms with Crippen molar-refractivity contribution in [1.82, 2.24) is 0 Å². The molecule has 21 heavy (non-hydrogen) atoms. The van der Waals surface area contributed by atoms with E-state index < -0.39 is 10.7 Å². The van der Waals surface area contributed by atoms with Gasteiger partial charge in [0.25, 0.3) is 5.69 Å². The predicted molar refractivity (Wildman–Crippen MR) is 76.4 cm³/mol. The van der Waals surface area contributed by atoms with Crippen molar-refractivity contribution >= 4 is 5.69 Å². The average molecular weight is 290 g/mol. The van der Waals surface area contributed by atoms with Crippen LogP contribution in [-0.2, 0) is 6.61 Å². The molecule has 0 heterocycles.